The van der Waals surface area contributed by atoms with Crippen LogP contribution < -0.4 is 11.1 Å². The van der Waals surface area contributed by atoms with E-state index in [4.69, 9.17) is 10.3 Å². The van der Waals surface area contributed by atoms with E-state index < -0.39 is 10.1 Å². The summed E-state index contributed by atoms with van der Waals surface area (Å²) in [5.74, 6) is 0.155. The Morgan fingerprint density at radius 1 is 0.957 bits per heavy atom. The predicted octanol–water partition coefficient (Wildman–Crippen LogP) is 3.12. The van der Waals surface area contributed by atoms with Gasteiger partial charge >= 0.3 is 0 Å². The molecule has 0 aliphatic rings. The third kappa shape index (κ3) is 3.05. The lowest BCUT2D eigenvalue weighted by Crippen LogP contribution is -2.04. The van der Waals surface area contributed by atoms with Crippen LogP contribution in [0.1, 0.15) is 0 Å². The average Bonchev–Trinajstić information content (AvgIpc) is 2.49. The van der Waals surface area contributed by atoms with E-state index >= 15 is 0 Å². The molecule has 0 aliphatic carbocycles. The van der Waals surface area contributed by atoms with Crippen molar-refractivity contribution >= 4 is 38.0 Å². The Morgan fingerprint density at radius 2 is 1.65 bits per heavy atom. The molecule has 0 aliphatic heterocycles. The van der Waals surface area contributed by atoms with Crippen molar-refractivity contribution in [2.45, 2.75) is 4.90 Å². The van der Waals surface area contributed by atoms with Crippen LogP contribution in [0.3, 0.4) is 0 Å². The van der Waals surface area contributed by atoms with E-state index in [2.05, 4.69) is 5.32 Å². The molecule has 0 atom stereocenters. The van der Waals surface area contributed by atoms with E-state index in [1.54, 1.807) is 30.3 Å². The number of benzene rings is 3. The normalized spacial score (nSPS) is 11.5. The number of nitrogens with two attached hydrogens (primary N) is 1. The summed E-state index contributed by atoms with van der Waals surface area (Å²) in [6.07, 6.45) is 0. The molecule has 6 nitrogen and oxygen atoms in total. The van der Waals surface area contributed by atoms with Gasteiger partial charge in [-0.3, -0.25) is 4.55 Å². The largest absolute Gasteiger partial charge is 0.507 e. The summed E-state index contributed by atoms with van der Waals surface area (Å²) in [5, 5.41) is 14.5. The molecule has 118 valence electrons. The topological polar surface area (TPSA) is 113 Å². The fourth-order valence-corrected chi connectivity index (χ4v) is 2.98. The van der Waals surface area contributed by atoms with E-state index in [1.807, 2.05) is 12.1 Å². The molecule has 3 aromatic carbocycles. The number of rotatable bonds is 3. The number of aromatic hydroxyl groups is 1. The van der Waals surface area contributed by atoms with Crippen molar-refractivity contribution in [3.05, 3.63) is 54.6 Å². The number of nitrogens with one attached hydrogen (secondary N) is 1. The van der Waals surface area contributed by atoms with Crippen molar-refractivity contribution in [3.8, 4) is 5.75 Å². The Hall–Kier alpha value is -2.77. The van der Waals surface area contributed by atoms with E-state index in [1.165, 1.54) is 12.1 Å². The van der Waals surface area contributed by atoms with Gasteiger partial charge in [0.2, 0.25) is 0 Å². The SMILES string of the molecule is Nc1ccc(Nc2ccc3cccc(O)c3c2)cc1S(=O)(=O)O. The maximum absolute atomic E-state index is 11.3. The summed E-state index contributed by atoms with van der Waals surface area (Å²) >= 11 is 0. The molecule has 0 spiro atoms. The summed E-state index contributed by atoms with van der Waals surface area (Å²) < 4.78 is 31.8. The van der Waals surface area contributed by atoms with Crippen molar-refractivity contribution in [1.29, 1.82) is 0 Å². The van der Waals surface area contributed by atoms with Gasteiger partial charge in [-0.05, 0) is 41.8 Å². The first-order valence-electron chi connectivity index (χ1n) is 6.70. The van der Waals surface area contributed by atoms with Gasteiger partial charge in [-0.25, -0.2) is 0 Å². The molecule has 0 fully saturated rings. The first-order chi connectivity index (χ1) is 10.8. The fraction of sp³-hybridized carbons (Fsp3) is 0. The molecule has 23 heavy (non-hydrogen) atoms. The van der Waals surface area contributed by atoms with Gasteiger partial charge in [0.1, 0.15) is 10.6 Å². The molecule has 7 heteroatoms. The van der Waals surface area contributed by atoms with Crippen molar-refractivity contribution in [2.75, 3.05) is 11.1 Å². The lowest BCUT2D eigenvalue weighted by molar-refractivity contribution is 0.481. The van der Waals surface area contributed by atoms with Crippen molar-refractivity contribution < 1.29 is 18.1 Å². The summed E-state index contributed by atoms with van der Waals surface area (Å²) in [6.45, 7) is 0. The second-order valence-electron chi connectivity index (χ2n) is 5.07. The molecule has 0 saturated carbocycles. The highest BCUT2D eigenvalue weighted by Gasteiger charge is 2.14. The summed E-state index contributed by atoms with van der Waals surface area (Å²) in [5.41, 5.74) is 6.63. The van der Waals surface area contributed by atoms with Crippen molar-refractivity contribution in [2.24, 2.45) is 0 Å². The van der Waals surface area contributed by atoms with Crippen LogP contribution in [0.4, 0.5) is 17.1 Å². The number of hydrogen-bond donors (Lipinski definition) is 4. The van der Waals surface area contributed by atoms with Crippen molar-refractivity contribution in [1.82, 2.24) is 0 Å². The summed E-state index contributed by atoms with van der Waals surface area (Å²) in [4.78, 5) is -0.355. The van der Waals surface area contributed by atoms with E-state index in [0.717, 1.165) is 5.39 Å². The van der Waals surface area contributed by atoms with Crippen LogP contribution in [-0.4, -0.2) is 18.1 Å². The highest BCUT2D eigenvalue weighted by molar-refractivity contribution is 7.86. The van der Waals surface area contributed by atoms with Crippen LogP contribution >= 0.6 is 0 Å². The van der Waals surface area contributed by atoms with Gasteiger partial charge in [0.25, 0.3) is 10.1 Å². The second-order valence-corrected chi connectivity index (χ2v) is 6.46. The van der Waals surface area contributed by atoms with Crippen LogP contribution in [-0.2, 0) is 10.1 Å². The minimum absolute atomic E-state index is 0.0331. The van der Waals surface area contributed by atoms with Gasteiger partial charge in [-0.15, -0.1) is 0 Å². The Balaban J connectivity index is 2.01. The lowest BCUT2D eigenvalue weighted by atomic mass is 10.1. The smallest absolute Gasteiger partial charge is 0.296 e. The third-order valence-electron chi connectivity index (χ3n) is 3.44. The van der Waals surface area contributed by atoms with Gasteiger partial charge < -0.3 is 16.2 Å². The standard InChI is InChI=1S/C16H14N2O4S/c17-14-7-6-12(9-16(14)23(20,21)22)18-11-5-4-10-2-1-3-15(19)13(10)8-11/h1-9,18-19H,17H2,(H,20,21,22). The molecule has 0 amide bonds. The minimum atomic E-state index is -4.39. The van der Waals surface area contributed by atoms with Gasteiger partial charge in [0.15, 0.2) is 0 Å². The lowest BCUT2D eigenvalue weighted by Gasteiger charge is -2.10. The zero-order chi connectivity index (χ0) is 16.6. The maximum atomic E-state index is 11.3. The number of anilines is 3. The molecule has 0 heterocycles. The maximum Gasteiger partial charge on any atom is 0.296 e. The molecular weight excluding hydrogens is 316 g/mol. The van der Waals surface area contributed by atoms with Crippen LogP contribution in [0.5, 0.6) is 5.75 Å². The number of phenolic OH excluding ortho intramolecular Hbond substituents is 1. The highest BCUT2D eigenvalue weighted by atomic mass is 32.2. The minimum Gasteiger partial charge on any atom is -0.507 e. The molecule has 0 aromatic heterocycles. The Bertz CT molecular complexity index is 1000. The molecule has 0 radical (unpaired) electrons. The molecule has 0 unspecified atom stereocenters. The van der Waals surface area contributed by atoms with E-state index in [0.29, 0.717) is 16.8 Å². The predicted molar refractivity (Wildman–Crippen MR) is 89.6 cm³/mol. The molecule has 0 bridgehead atoms. The van der Waals surface area contributed by atoms with Crippen LogP contribution in [0.2, 0.25) is 0 Å². The van der Waals surface area contributed by atoms with Crippen LogP contribution in [0.15, 0.2) is 59.5 Å². The number of nitrogen functional groups attached to an aromatic ring is 1. The molecule has 3 aromatic rings. The fourth-order valence-electron chi connectivity index (χ4n) is 2.34. The van der Waals surface area contributed by atoms with Crippen LogP contribution in [0.25, 0.3) is 10.8 Å². The first-order valence-corrected chi connectivity index (χ1v) is 8.14. The number of phenols is 1. The molecule has 0 saturated heterocycles. The number of fused-ring (bicyclic) bond motifs is 1. The van der Waals surface area contributed by atoms with E-state index in [9.17, 15) is 13.5 Å². The quantitative estimate of drug-likeness (QED) is 0.433. The monoisotopic (exact) mass is 330 g/mol. The third-order valence-corrected chi connectivity index (χ3v) is 4.35. The van der Waals surface area contributed by atoms with Gasteiger partial charge in [0.05, 0.1) is 5.69 Å². The summed E-state index contributed by atoms with van der Waals surface area (Å²) in [6, 6.07) is 14.8. The Kier molecular flexibility index (Phi) is 3.59. The van der Waals surface area contributed by atoms with Crippen molar-refractivity contribution in [3.63, 3.8) is 0 Å². The average molecular weight is 330 g/mol. The second kappa shape index (κ2) is 5.45. The zero-order valence-corrected chi connectivity index (χ0v) is 12.7. The number of hydrogen-bond acceptors (Lipinski definition) is 5. The molecular formula is C16H14N2O4S. The summed E-state index contributed by atoms with van der Waals surface area (Å²) in [7, 11) is -4.39. The molecule has 3 rings (SSSR count). The van der Waals surface area contributed by atoms with Gasteiger partial charge in [0, 0.05) is 16.8 Å². The van der Waals surface area contributed by atoms with Gasteiger partial charge in [-0.2, -0.15) is 8.42 Å². The van der Waals surface area contributed by atoms with Gasteiger partial charge in [-0.1, -0.05) is 18.2 Å². The van der Waals surface area contributed by atoms with E-state index in [-0.39, 0.29) is 16.3 Å². The molecule has 5 N–H and O–H groups in total. The Morgan fingerprint density at radius 3 is 2.39 bits per heavy atom. The zero-order valence-electron chi connectivity index (χ0n) is 11.9. The highest BCUT2D eigenvalue weighted by Crippen LogP contribution is 2.30. The Labute approximate surface area is 132 Å². The van der Waals surface area contributed by atoms with Crippen LogP contribution in [0, 0.1) is 0 Å². The first kappa shape index (κ1) is 15.1.